The molecule has 1 heterocycles. The Kier molecular flexibility index (Phi) is 4.76. The molecule has 0 atom stereocenters. The number of hydrogen-bond acceptors (Lipinski definition) is 2. The normalized spacial score (nSPS) is 11.3. The predicted octanol–water partition coefficient (Wildman–Crippen LogP) is 2.78. The van der Waals surface area contributed by atoms with Crippen molar-refractivity contribution in [2.45, 2.75) is 46.7 Å². The quantitative estimate of drug-likeness (QED) is 0.801. The van der Waals surface area contributed by atoms with Crippen LogP contribution < -0.4 is 5.32 Å². The number of rotatable bonds is 5. The zero-order valence-electron chi connectivity index (χ0n) is 10.2. The molecular formula is C13H22N2. The van der Waals surface area contributed by atoms with Gasteiger partial charge in [-0.05, 0) is 24.0 Å². The molecular weight excluding hydrogens is 184 g/mol. The predicted molar refractivity (Wildman–Crippen MR) is 64.8 cm³/mol. The molecule has 0 radical (unpaired) electrons. The van der Waals surface area contributed by atoms with Gasteiger partial charge in [0.05, 0.1) is 0 Å². The number of nitrogens with zero attached hydrogens (tertiary/aromatic N) is 1. The van der Waals surface area contributed by atoms with Gasteiger partial charge in [-0.2, -0.15) is 0 Å². The van der Waals surface area contributed by atoms with E-state index in [0.717, 1.165) is 13.0 Å². The zero-order chi connectivity index (χ0) is 11.3. The summed E-state index contributed by atoms with van der Waals surface area (Å²) in [6.45, 7) is 9.65. The second-order valence-corrected chi connectivity index (χ2v) is 4.79. The molecule has 84 valence electrons. The van der Waals surface area contributed by atoms with E-state index in [1.807, 2.05) is 6.20 Å². The number of nitrogens with one attached hydrogen (secondary N) is 1. The van der Waals surface area contributed by atoms with Gasteiger partial charge in [0.1, 0.15) is 0 Å². The van der Waals surface area contributed by atoms with Gasteiger partial charge in [-0.1, -0.05) is 33.8 Å². The highest BCUT2D eigenvalue weighted by Gasteiger charge is 2.00. The Hall–Kier alpha value is -0.890. The fourth-order valence-electron chi connectivity index (χ4n) is 1.42. The fraction of sp³-hybridized carbons (Fsp3) is 0.615. The molecule has 0 aromatic carbocycles. The lowest BCUT2D eigenvalue weighted by Gasteiger charge is -2.08. The third-order valence-electron chi connectivity index (χ3n) is 2.22. The van der Waals surface area contributed by atoms with E-state index >= 15 is 0 Å². The molecule has 2 nitrogen and oxygen atoms in total. The van der Waals surface area contributed by atoms with Gasteiger partial charge in [-0.25, -0.2) is 0 Å². The van der Waals surface area contributed by atoms with Crippen molar-refractivity contribution >= 4 is 0 Å². The van der Waals surface area contributed by atoms with E-state index in [1.54, 1.807) is 0 Å². The molecule has 0 aliphatic heterocycles. The van der Waals surface area contributed by atoms with Crippen LogP contribution in [0, 0.1) is 5.92 Å². The van der Waals surface area contributed by atoms with Gasteiger partial charge in [0.2, 0.25) is 0 Å². The van der Waals surface area contributed by atoms with Crippen LogP contribution in [0.1, 0.15) is 39.0 Å². The van der Waals surface area contributed by atoms with Crippen LogP contribution in [0.2, 0.25) is 0 Å². The van der Waals surface area contributed by atoms with Crippen LogP contribution >= 0.6 is 0 Å². The summed E-state index contributed by atoms with van der Waals surface area (Å²) in [6.07, 6.45) is 3.05. The Morgan fingerprint density at radius 1 is 1.20 bits per heavy atom. The number of pyridine rings is 1. The molecule has 0 aliphatic rings. The van der Waals surface area contributed by atoms with E-state index in [1.165, 1.54) is 11.3 Å². The van der Waals surface area contributed by atoms with Crippen LogP contribution in [0.4, 0.5) is 0 Å². The highest BCUT2D eigenvalue weighted by atomic mass is 14.9. The minimum atomic E-state index is 0.528. The monoisotopic (exact) mass is 206 g/mol. The summed E-state index contributed by atoms with van der Waals surface area (Å²) in [7, 11) is 0. The lowest BCUT2D eigenvalue weighted by atomic mass is 10.1. The first-order valence-corrected chi connectivity index (χ1v) is 5.75. The summed E-state index contributed by atoms with van der Waals surface area (Å²) in [5, 5.41) is 3.38. The van der Waals surface area contributed by atoms with Crippen molar-refractivity contribution < 1.29 is 0 Å². The molecule has 0 saturated carbocycles. The fourth-order valence-corrected chi connectivity index (χ4v) is 1.42. The molecule has 0 fully saturated rings. The molecule has 1 N–H and O–H groups in total. The van der Waals surface area contributed by atoms with Gasteiger partial charge in [0.25, 0.3) is 0 Å². The van der Waals surface area contributed by atoms with E-state index < -0.39 is 0 Å². The van der Waals surface area contributed by atoms with Gasteiger partial charge >= 0.3 is 0 Å². The maximum Gasteiger partial charge on any atom is 0.0406 e. The summed E-state index contributed by atoms with van der Waals surface area (Å²) in [5.41, 5.74) is 2.45. The van der Waals surface area contributed by atoms with Gasteiger partial charge < -0.3 is 5.32 Å². The summed E-state index contributed by atoms with van der Waals surface area (Å²) in [5.74, 6) is 0.678. The maximum absolute atomic E-state index is 4.46. The smallest absolute Gasteiger partial charge is 0.0406 e. The average molecular weight is 206 g/mol. The van der Waals surface area contributed by atoms with Crippen molar-refractivity contribution in [3.63, 3.8) is 0 Å². The lowest BCUT2D eigenvalue weighted by Crippen LogP contribution is -2.21. The van der Waals surface area contributed by atoms with Crippen LogP contribution in [-0.2, 0) is 13.0 Å². The standard InChI is InChI=1S/C13H22N2/c1-10(2)7-13-6-5-12(9-15-13)8-14-11(3)4/h5-6,9-11,14H,7-8H2,1-4H3. The van der Waals surface area contributed by atoms with Crippen LogP contribution in [0.3, 0.4) is 0 Å². The highest BCUT2D eigenvalue weighted by molar-refractivity contribution is 5.14. The Bertz CT molecular complexity index is 275. The van der Waals surface area contributed by atoms with Crippen molar-refractivity contribution in [1.82, 2.24) is 10.3 Å². The third-order valence-corrected chi connectivity index (χ3v) is 2.22. The molecule has 1 aromatic heterocycles. The van der Waals surface area contributed by atoms with Crippen molar-refractivity contribution in [2.24, 2.45) is 5.92 Å². The molecule has 1 aromatic rings. The average Bonchev–Trinajstić information content (AvgIpc) is 2.16. The minimum Gasteiger partial charge on any atom is -0.310 e. The summed E-state index contributed by atoms with van der Waals surface area (Å²) in [4.78, 5) is 4.46. The van der Waals surface area contributed by atoms with Crippen molar-refractivity contribution in [3.8, 4) is 0 Å². The molecule has 0 unspecified atom stereocenters. The van der Waals surface area contributed by atoms with E-state index in [9.17, 15) is 0 Å². The lowest BCUT2D eigenvalue weighted by molar-refractivity contribution is 0.586. The van der Waals surface area contributed by atoms with E-state index in [2.05, 4.69) is 50.1 Å². The first kappa shape index (κ1) is 12.2. The van der Waals surface area contributed by atoms with E-state index in [0.29, 0.717) is 12.0 Å². The Balaban J connectivity index is 2.49. The number of aromatic nitrogens is 1. The van der Waals surface area contributed by atoms with Gasteiger partial charge in [0.15, 0.2) is 0 Å². The topological polar surface area (TPSA) is 24.9 Å². The second-order valence-electron chi connectivity index (χ2n) is 4.79. The highest BCUT2D eigenvalue weighted by Crippen LogP contribution is 2.06. The Morgan fingerprint density at radius 2 is 1.93 bits per heavy atom. The molecule has 0 saturated heterocycles. The molecule has 0 aliphatic carbocycles. The SMILES string of the molecule is CC(C)Cc1ccc(CNC(C)C)cn1. The van der Waals surface area contributed by atoms with Gasteiger partial charge in [0, 0.05) is 24.5 Å². The number of hydrogen-bond donors (Lipinski definition) is 1. The molecule has 2 heteroatoms. The zero-order valence-corrected chi connectivity index (χ0v) is 10.2. The van der Waals surface area contributed by atoms with E-state index in [4.69, 9.17) is 0 Å². The van der Waals surface area contributed by atoms with E-state index in [-0.39, 0.29) is 0 Å². The maximum atomic E-state index is 4.46. The molecule has 1 rings (SSSR count). The third kappa shape index (κ3) is 4.93. The van der Waals surface area contributed by atoms with Crippen LogP contribution in [0.25, 0.3) is 0 Å². The van der Waals surface area contributed by atoms with Gasteiger partial charge in [-0.15, -0.1) is 0 Å². The summed E-state index contributed by atoms with van der Waals surface area (Å²) in [6, 6.07) is 4.83. The van der Waals surface area contributed by atoms with Crippen molar-refractivity contribution in [2.75, 3.05) is 0 Å². The first-order valence-electron chi connectivity index (χ1n) is 5.75. The van der Waals surface area contributed by atoms with Crippen LogP contribution in [0.5, 0.6) is 0 Å². The molecule has 0 bridgehead atoms. The minimum absolute atomic E-state index is 0.528. The van der Waals surface area contributed by atoms with Crippen molar-refractivity contribution in [3.05, 3.63) is 29.6 Å². The summed E-state index contributed by atoms with van der Waals surface area (Å²) >= 11 is 0. The van der Waals surface area contributed by atoms with Crippen LogP contribution in [0.15, 0.2) is 18.3 Å². The second kappa shape index (κ2) is 5.86. The molecule has 0 amide bonds. The summed E-state index contributed by atoms with van der Waals surface area (Å²) < 4.78 is 0. The van der Waals surface area contributed by atoms with Gasteiger partial charge in [-0.3, -0.25) is 4.98 Å². The largest absolute Gasteiger partial charge is 0.310 e. The molecule has 15 heavy (non-hydrogen) atoms. The Morgan fingerprint density at radius 3 is 2.40 bits per heavy atom. The van der Waals surface area contributed by atoms with Crippen LogP contribution in [-0.4, -0.2) is 11.0 Å². The molecule has 0 spiro atoms. The Labute approximate surface area is 93.1 Å². The first-order chi connectivity index (χ1) is 7.08. The van der Waals surface area contributed by atoms with Crippen molar-refractivity contribution in [1.29, 1.82) is 0 Å².